The molecule has 0 bridgehead atoms. The Morgan fingerprint density at radius 3 is 2.56 bits per heavy atom. The lowest BCUT2D eigenvalue weighted by molar-refractivity contribution is -0.125. The van der Waals surface area contributed by atoms with E-state index in [1.165, 1.54) is 5.57 Å². The lowest BCUT2D eigenvalue weighted by Crippen LogP contribution is -2.51. The van der Waals surface area contributed by atoms with Crippen LogP contribution in [-0.2, 0) is 14.3 Å². The van der Waals surface area contributed by atoms with Crippen LogP contribution in [0.25, 0.3) is 0 Å². The summed E-state index contributed by atoms with van der Waals surface area (Å²) in [4.78, 5) is 29.2. The van der Waals surface area contributed by atoms with E-state index in [0.717, 1.165) is 24.2 Å². The predicted molar refractivity (Wildman–Crippen MR) is 153 cm³/mol. The van der Waals surface area contributed by atoms with Crippen molar-refractivity contribution in [1.82, 2.24) is 0 Å². The molecule has 3 atom stereocenters. The van der Waals surface area contributed by atoms with E-state index < -0.39 is 11.6 Å². The molecule has 2 heterocycles. The molecule has 4 rings (SSSR count). The minimum atomic E-state index is -1.05. The molecule has 2 aliphatic carbocycles. The standard InChI is InChI=1S/C31H43NO6S/c1-20-6-7-25(21(2)16-20)28(33)32(26-17-24(10-12-30(3,4)5)39-27(26)29(34)35)22-8-13-31(36,14-9-22)19-38-23-11-15-37-18-23/h6,17,21-23,25,36H,7-9,11,13-16,18-19H2,1-5H3,(H,34,35)/t21-,22-,23+,25-,31+/m0/s1. The van der Waals surface area contributed by atoms with E-state index in [1.54, 1.807) is 11.0 Å². The Labute approximate surface area is 236 Å². The van der Waals surface area contributed by atoms with E-state index in [0.29, 0.717) is 55.9 Å². The molecule has 2 fully saturated rings. The van der Waals surface area contributed by atoms with Crippen LogP contribution in [-0.4, -0.2) is 59.7 Å². The maximum Gasteiger partial charge on any atom is 0.348 e. The fraction of sp³-hybridized carbons (Fsp3) is 0.677. The summed E-state index contributed by atoms with van der Waals surface area (Å²) in [6.07, 6.45) is 6.61. The molecule has 0 radical (unpaired) electrons. The third-order valence-electron chi connectivity index (χ3n) is 8.06. The number of rotatable bonds is 7. The number of carboxylic acids is 1. The number of thiophene rings is 1. The first-order chi connectivity index (χ1) is 18.3. The summed E-state index contributed by atoms with van der Waals surface area (Å²) in [6, 6.07) is 1.58. The highest BCUT2D eigenvalue weighted by atomic mass is 32.1. The van der Waals surface area contributed by atoms with E-state index >= 15 is 0 Å². The topological polar surface area (TPSA) is 96.3 Å². The van der Waals surface area contributed by atoms with Crippen LogP contribution in [0.4, 0.5) is 5.69 Å². The zero-order chi connectivity index (χ0) is 28.4. The monoisotopic (exact) mass is 557 g/mol. The first-order valence-corrected chi connectivity index (χ1v) is 15.0. The van der Waals surface area contributed by atoms with Crippen LogP contribution in [0.15, 0.2) is 17.7 Å². The fourth-order valence-electron chi connectivity index (χ4n) is 5.80. The average molecular weight is 558 g/mol. The molecule has 0 spiro atoms. The van der Waals surface area contributed by atoms with Gasteiger partial charge in [0, 0.05) is 24.0 Å². The quantitative estimate of drug-likeness (QED) is 0.332. The third kappa shape index (κ3) is 7.52. The Bertz CT molecular complexity index is 1140. The van der Waals surface area contributed by atoms with Gasteiger partial charge in [0.25, 0.3) is 0 Å². The molecule has 39 heavy (non-hydrogen) atoms. The van der Waals surface area contributed by atoms with Crippen LogP contribution in [0.3, 0.4) is 0 Å². The maximum atomic E-state index is 14.2. The molecule has 214 valence electrons. The van der Waals surface area contributed by atoms with Gasteiger partial charge in [0.05, 0.1) is 35.5 Å². The minimum Gasteiger partial charge on any atom is -0.477 e. The Balaban J connectivity index is 1.62. The summed E-state index contributed by atoms with van der Waals surface area (Å²) in [5, 5.41) is 21.4. The van der Waals surface area contributed by atoms with Crippen molar-refractivity contribution < 1.29 is 29.3 Å². The van der Waals surface area contributed by atoms with Gasteiger partial charge in [-0.15, -0.1) is 11.3 Å². The van der Waals surface area contributed by atoms with Crippen molar-refractivity contribution in [2.75, 3.05) is 24.7 Å². The summed E-state index contributed by atoms with van der Waals surface area (Å²) >= 11 is 1.13. The number of hydrogen-bond acceptors (Lipinski definition) is 6. The Morgan fingerprint density at radius 1 is 1.26 bits per heavy atom. The van der Waals surface area contributed by atoms with Crippen molar-refractivity contribution in [3.63, 3.8) is 0 Å². The molecule has 8 heteroatoms. The molecule has 2 N–H and O–H groups in total. The van der Waals surface area contributed by atoms with E-state index in [1.807, 2.05) is 20.8 Å². The molecule has 3 aliphatic rings. The van der Waals surface area contributed by atoms with Crippen molar-refractivity contribution in [2.24, 2.45) is 17.3 Å². The van der Waals surface area contributed by atoms with Gasteiger partial charge in [-0.3, -0.25) is 4.79 Å². The molecule has 1 amide bonds. The molecule has 0 unspecified atom stereocenters. The second kappa shape index (κ2) is 12.1. The van der Waals surface area contributed by atoms with Gasteiger partial charge in [0.1, 0.15) is 4.88 Å². The zero-order valence-electron chi connectivity index (χ0n) is 23.9. The molecule has 1 saturated carbocycles. The highest BCUT2D eigenvalue weighted by molar-refractivity contribution is 7.15. The Morgan fingerprint density at radius 2 is 1.97 bits per heavy atom. The van der Waals surface area contributed by atoms with Crippen LogP contribution in [0, 0.1) is 29.1 Å². The maximum absolute atomic E-state index is 14.2. The van der Waals surface area contributed by atoms with E-state index in [4.69, 9.17) is 9.47 Å². The number of carbonyl (C=O) groups excluding carboxylic acids is 1. The summed E-state index contributed by atoms with van der Waals surface area (Å²) in [7, 11) is 0. The molecule has 1 aromatic heterocycles. The highest BCUT2D eigenvalue weighted by Crippen LogP contribution is 2.41. The Kier molecular flexibility index (Phi) is 9.27. The largest absolute Gasteiger partial charge is 0.477 e. The van der Waals surface area contributed by atoms with Crippen LogP contribution in [0.2, 0.25) is 0 Å². The van der Waals surface area contributed by atoms with Crippen LogP contribution < -0.4 is 4.90 Å². The zero-order valence-corrected chi connectivity index (χ0v) is 24.7. The average Bonchev–Trinajstić information content (AvgIpc) is 3.53. The summed E-state index contributed by atoms with van der Waals surface area (Å²) < 4.78 is 11.3. The number of carbonyl (C=O) groups is 2. The van der Waals surface area contributed by atoms with Crippen molar-refractivity contribution in [1.29, 1.82) is 0 Å². The number of amides is 1. The van der Waals surface area contributed by atoms with Gasteiger partial charge in [-0.2, -0.15) is 0 Å². The number of aliphatic hydroxyl groups is 1. The lowest BCUT2D eigenvalue weighted by atomic mass is 9.78. The first-order valence-electron chi connectivity index (χ1n) is 14.2. The smallest absolute Gasteiger partial charge is 0.348 e. The van der Waals surface area contributed by atoms with Gasteiger partial charge in [-0.25, -0.2) is 4.79 Å². The number of ether oxygens (including phenoxy) is 2. The van der Waals surface area contributed by atoms with Crippen LogP contribution in [0.1, 0.15) is 94.1 Å². The number of hydrogen-bond donors (Lipinski definition) is 2. The first kappa shape index (κ1) is 29.8. The second-order valence-electron chi connectivity index (χ2n) is 12.7. The Hall–Kier alpha value is -2.18. The minimum absolute atomic E-state index is 0.0192. The summed E-state index contributed by atoms with van der Waals surface area (Å²) in [5.74, 6) is 5.19. The van der Waals surface area contributed by atoms with E-state index in [2.05, 4.69) is 31.8 Å². The van der Waals surface area contributed by atoms with Gasteiger partial charge in [-0.1, -0.05) is 30.4 Å². The van der Waals surface area contributed by atoms with E-state index in [9.17, 15) is 19.8 Å². The summed E-state index contributed by atoms with van der Waals surface area (Å²) in [5.41, 5.74) is 0.531. The highest BCUT2D eigenvalue weighted by Gasteiger charge is 2.42. The molecule has 7 nitrogen and oxygen atoms in total. The van der Waals surface area contributed by atoms with Gasteiger partial charge in [0.2, 0.25) is 5.91 Å². The van der Waals surface area contributed by atoms with Crippen molar-refractivity contribution >= 4 is 28.9 Å². The van der Waals surface area contributed by atoms with Crippen LogP contribution >= 0.6 is 11.3 Å². The fourth-order valence-corrected chi connectivity index (χ4v) is 6.64. The van der Waals surface area contributed by atoms with E-state index in [-0.39, 0.29) is 46.8 Å². The van der Waals surface area contributed by atoms with Crippen molar-refractivity contribution in [2.45, 2.75) is 97.3 Å². The molecule has 1 aromatic rings. The van der Waals surface area contributed by atoms with Crippen molar-refractivity contribution in [3.05, 3.63) is 27.5 Å². The normalized spacial score (nSPS) is 29.3. The number of aromatic carboxylic acids is 1. The molecule has 0 aromatic carbocycles. The summed E-state index contributed by atoms with van der Waals surface area (Å²) in [6.45, 7) is 11.7. The number of nitrogens with zero attached hydrogens (tertiary/aromatic N) is 1. The predicted octanol–water partition coefficient (Wildman–Crippen LogP) is 5.65. The SMILES string of the molecule is CC1=CC[C@H](C(=O)N(c2cc(C#CC(C)(C)C)sc2C(=O)O)[C@H]2CC[C@](O)(CO[C@@H]3CCOC3)CC2)[C@@H](C)C1. The van der Waals surface area contributed by atoms with Crippen LogP contribution in [0.5, 0.6) is 0 Å². The molecule has 1 aliphatic heterocycles. The van der Waals surface area contributed by atoms with Gasteiger partial charge in [0.15, 0.2) is 0 Å². The van der Waals surface area contributed by atoms with Gasteiger partial charge < -0.3 is 24.6 Å². The molecule has 1 saturated heterocycles. The van der Waals surface area contributed by atoms with Gasteiger partial charge >= 0.3 is 5.97 Å². The molecular formula is C31H43NO6S. The lowest BCUT2D eigenvalue weighted by Gasteiger charge is -2.42. The number of allylic oxidation sites excluding steroid dienone is 2. The number of carboxylic acid groups (broad SMARTS) is 1. The van der Waals surface area contributed by atoms with Gasteiger partial charge in [-0.05, 0) is 84.6 Å². The molecular weight excluding hydrogens is 514 g/mol. The third-order valence-corrected chi connectivity index (χ3v) is 9.09. The second-order valence-corrected chi connectivity index (χ2v) is 13.7. The number of anilines is 1. The van der Waals surface area contributed by atoms with Crippen molar-refractivity contribution in [3.8, 4) is 11.8 Å².